The molecule has 2 heteroatoms. The van der Waals surface area contributed by atoms with E-state index in [1.807, 2.05) is 6.92 Å². The van der Waals surface area contributed by atoms with E-state index in [0.717, 1.165) is 6.54 Å². The Hall–Kier alpha value is -1.31. The third kappa shape index (κ3) is 3.00. The Morgan fingerprint density at radius 1 is 1.33 bits per heavy atom. The lowest BCUT2D eigenvalue weighted by molar-refractivity contribution is -0.118. The first-order valence-electron chi connectivity index (χ1n) is 8.22. The van der Waals surface area contributed by atoms with Crippen LogP contribution in [0.5, 0.6) is 0 Å². The topological polar surface area (TPSA) is 20.3 Å². The first kappa shape index (κ1) is 16.1. The van der Waals surface area contributed by atoms with Crippen LogP contribution in [0.1, 0.15) is 70.1 Å². The summed E-state index contributed by atoms with van der Waals surface area (Å²) in [6.07, 6.45) is 2.37. The number of rotatable bonds is 4. The molecule has 2 rings (SSSR count). The fourth-order valence-electron chi connectivity index (χ4n) is 3.81. The van der Waals surface area contributed by atoms with Crippen LogP contribution in [-0.4, -0.2) is 17.9 Å². The number of ketones is 1. The molecule has 1 aromatic carbocycles. The molecule has 1 unspecified atom stereocenters. The van der Waals surface area contributed by atoms with Gasteiger partial charge in [0.25, 0.3) is 0 Å². The molecule has 0 saturated carbocycles. The number of fused-ring (bicyclic) bond motifs is 1. The van der Waals surface area contributed by atoms with Gasteiger partial charge in [-0.2, -0.15) is 0 Å². The molecular weight excluding hydrogens is 258 g/mol. The average molecular weight is 287 g/mol. The summed E-state index contributed by atoms with van der Waals surface area (Å²) >= 11 is 0. The highest BCUT2D eigenvalue weighted by molar-refractivity contribution is 5.81. The van der Waals surface area contributed by atoms with E-state index in [4.69, 9.17) is 0 Å². The maximum Gasteiger partial charge on any atom is 0.137 e. The van der Waals surface area contributed by atoms with Gasteiger partial charge in [-0.05, 0) is 62.8 Å². The number of Topliss-reactive ketones (excluding diaryl/α,β-unsaturated/α-hetero) is 1. The zero-order chi connectivity index (χ0) is 15.8. The predicted octanol–water partition coefficient (Wildman–Crippen LogP) is 4.63. The summed E-state index contributed by atoms with van der Waals surface area (Å²) in [4.78, 5) is 14.3. The number of hydrogen-bond acceptors (Lipinski definition) is 2. The quantitative estimate of drug-likeness (QED) is 0.804. The average Bonchev–Trinajstić information content (AvgIpc) is 2.40. The maximum atomic E-state index is 11.8. The highest BCUT2D eigenvalue weighted by Crippen LogP contribution is 2.44. The monoisotopic (exact) mass is 287 g/mol. The largest absolute Gasteiger partial charge is 0.366 e. The van der Waals surface area contributed by atoms with Crippen LogP contribution in [0.3, 0.4) is 0 Å². The lowest BCUT2D eigenvalue weighted by Gasteiger charge is -2.47. The lowest BCUT2D eigenvalue weighted by Crippen LogP contribution is -2.48. The van der Waals surface area contributed by atoms with Gasteiger partial charge in [0.05, 0.1) is 0 Å². The molecule has 0 bridgehead atoms. The van der Waals surface area contributed by atoms with Gasteiger partial charge < -0.3 is 4.90 Å². The summed E-state index contributed by atoms with van der Waals surface area (Å²) in [6, 6.07) is 4.59. The number of aryl methyl sites for hydroxylation is 1. The highest BCUT2D eigenvalue weighted by atomic mass is 16.1. The maximum absolute atomic E-state index is 11.8. The SMILES string of the molecule is CCC(=O)Cc1cc2c(cc1C)C(C)CC(C)(C)N2CC. The molecule has 21 heavy (non-hydrogen) atoms. The van der Waals surface area contributed by atoms with Crippen molar-refractivity contribution in [2.45, 2.75) is 72.3 Å². The van der Waals surface area contributed by atoms with E-state index in [9.17, 15) is 4.79 Å². The van der Waals surface area contributed by atoms with Gasteiger partial charge in [-0.3, -0.25) is 4.79 Å². The third-order valence-electron chi connectivity index (χ3n) is 4.94. The summed E-state index contributed by atoms with van der Waals surface area (Å²) < 4.78 is 0. The van der Waals surface area contributed by atoms with Crippen molar-refractivity contribution in [1.82, 2.24) is 0 Å². The minimum Gasteiger partial charge on any atom is -0.366 e. The molecule has 1 aliphatic rings. The second-order valence-corrected chi connectivity index (χ2v) is 7.07. The molecule has 116 valence electrons. The Labute approximate surface area is 129 Å². The van der Waals surface area contributed by atoms with Gasteiger partial charge in [0.1, 0.15) is 5.78 Å². The van der Waals surface area contributed by atoms with E-state index in [1.54, 1.807) is 0 Å². The normalized spacial score (nSPS) is 20.3. The first-order valence-corrected chi connectivity index (χ1v) is 8.22. The van der Waals surface area contributed by atoms with E-state index in [0.29, 0.717) is 24.5 Å². The van der Waals surface area contributed by atoms with E-state index in [1.165, 1.54) is 28.8 Å². The number of benzene rings is 1. The van der Waals surface area contributed by atoms with Crippen LogP contribution in [0.4, 0.5) is 5.69 Å². The molecule has 0 saturated heterocycles. The van der Waals surface area contributed by atoms with E-state index >= 15 is 0 Å². The molecule has 0 radical (unpaired) electrons. The molecule has 0 aliphatic carbocycles. The minimum atomic E-state index is 0.183. The number of carbonyl (C=O) groups excluding carboxylic acids is 1. The Bertz CT molecular complexity index is 545. The summed E-state index contributed by atoms with van der Waals surface area (Å²) in [5, 5.41) is 0. The Morgan fingerprint density at radius 2 is 2.00 bits per heavy atom. The van der Waals surface area contributed by atoms with E-state index in [-0.39, 0.29) is 5.54 Å². The van der Waals surface area contributed by atoms with E-state index in [2.05, 4.69) is 51.7 Å². The molecule has 0 N–H and O–H groups in total. The number of nitrogens with zero attached hydrogens (tertiary/aromatic N) is 1. The van der Waals surface area contributed by atoms with Crippen LogP contribution in [0.25, 0.3) is 0 Å². The Morgan fingerprint density at radius 3 is 2.57 bits per heavy atom. The highest BCUT2D eigenvalue weighted by Gasteiger charge is 2.35. The molecule has 1 atom stereocenters. The second-order valence-electron chi connectivity index (χ2n) is 7.07. The Kier molecular flexibility index (Phi) is 4.46. The fourth-order valence-corrected chi connectivity index (χ4v) is 3.81. The lowest BCUT2D eigenvalue weighted by atomic mass is 9.78. The van der Waals surface area contributed by atoms with Crippen molar-refractivity contribution >= 4 is 11.5 Å². The standard InChI is InChI=1S/C19H29NO/c1-7-16(21)10-15-11-18-17(9-13(15)3)14(4)12-19(5,6)20(18)8-2/h9,11,14H,7-8,10,12H2,1-6H3. The predicted molar refractivity (Wildman–Crippen MR) is 90.3 cm³/mol. The molecule has 0 fully saturated rings. The van der Waals surface area contributed by atoms with Gasteiger partial charge in [0.15, 0.2) is 0 Å². The van der Waals surface area contributed by atoms with Crippen LogP contribution >= 0.6 is 0 Å². The molecule has 0 aromatic heterocycles. The van der Waals surface area contributed by atoms with Crippen LogP contribution in [-0.2, 0) is 11.2 Å². The van der Waals surface area contributed by atoms with Gasteiger partial charge in [-0.1, -0.05) is 19.9 Å². The van der Waals surface area contributed by atoms with Gasteiger partial charge in [-0.15, -0.1) is 0 Å². The zero-order valence-corrected chi connectivity index (χ0v) is 14.4. The summed E-state index contributed by atoms with van der Waals surface area (Å²) in [6.45, 7) is 14.3. The van der Waals surface area contributed by atoms with Gasteiger partial charge in [0.2, 0.25) is 0 Å². The molecular formula is C19H29NO. The summed E-state index contributed by atoms with van der Waals surface area (Å²) in [5.74, 6) is 0.900. The van der Waals surface area contributed by atoms with Gasteiger partial charge >= 0.3 is 0 Å². The third-order valence-corrected chi connectivity index (χ3v) is 4.94. The Balaban J connectivity index is 2.51. The fraction of sp³-hybridized carbons (Fsp3) is 0.632. The second kappa shape index (κ2) is 5.82. The zero-order valence-electron chi connectivity index (χ0n) is 14.4. The molecule has 0 amide bonds. The van der Waals surface area contributed by atoms with Crippen LogP contribution in [0.15, 0.2) is 12.1 Å². The summed E-state index contributed by atoms with van der Waals surface area (Å²) in [7, 11) is 0. The molecule has 1 heterocycles. The minimum absolute atomic E-state index is 0.183. The van der Waals surface area contributed by atoms with Crippen molar-refractivity contribution < 1.29 is 4.79 Å². The first-order chi connectivity index (χ1) is 9.80. The smallest absolute Gasteiger partial charge is 0.137 e. The van der Waals surface area contributed by atoms with Crippen LogP contribution in [0.2, 0.25) is 0 Å². The van der Waals surface area contributed by atoms with E-state index < -0.39 is 0 Å². The number of carbonyl (C=O) groups is 1. The number of anilines is 1. The van der Waals surface area contributed by atoms with Gasteiger partial charge in [0, 0.05) is 30.6 Å². The molecule has 0 spiro atoms. The van der Waals surface area contributed by atoms with Gasteiger partial charge in [-0.25, -0.2) is 0 Å². The number of hydrogen-bond donors (Lipinski definition) is 0. The van der Waals surface area contributed by atoms with Crippen molar-refractivity contribution in [3.63, 3.8) is 0 Å². The molecule has 1 aromatic rings. The molecule has 2 nitrogen and oxygen atoms in total. The van der Waals surface area contributed by atoms with Crippen molar-refractivity contribution in [2.24, 2.45) is 0 Å². The summed E-state index contributed by atoms with van der Waals surface area (Å²) in [5.41, 5.74) is 5.43. The van der Waals surface area contributed by atoms with Crippen molar-refractivity contribution in [2.75, 3.05) is 11.4 Å². The van der Waals surface area contributed by atoms with Crippen LogP contribution < -0.4 is 4.90 Å². The van der Waals surface area contributed by atoms with Crippen molar-refractivity contribution in [3.8, 4) is 0 Å². The van der Waals surface area contributed by atoms with Crippen molar-refractivity contribution in [3.05, 3.63) is 28.8 Å². The van der Waals surface area contributed by atoms with Crippen molar-refractivity contribution in [1.29, 1.82) is 0 Å². The molecule has 1 aliphatic heterocycles. The van der Waals surface area contributed by atoms with Crippen LogP contribution in [0, 0.1) is 6.92 Å².